The molecule has 25 heteroatoms. The van der Waals surface area contributed by atoms with E-state index in [1.807, 2.05) is 13.8 Å². The topological polar surface area (TPSA) is 344 Å². The molecule has 0 amide bonds. The number of hydrogen-bond acceptors (Lipinski definition) is 15. The Labute approximate surface area is 288 Å². The number of nitrogen functional groups attached to an aromatic ring is 1. The zero-order valence-corrected chi connectivity index (χ0v) is 29.5. The van der Waals surface area contributed by atoms with E-state index in [2.05, 4.69) is 35.0 Å². The number of phosphoric ester groups is 1. The van der Waals surface area contributed by atoms with Gasteiger partial charge in [-0.25, -0.2) is 13.7 Å². The van der Waals surface area contributed by atoms with Gasteiger partial charge in [0.25, 0.3) is 11.2 Å². The number of hydrogen-bond donors (Lipinski definition) is 8. The molecule has 1 aliphatic heterocycles. The van der Waals surface area contributed by atoms with Crippen LogP contribution >= 0.6 is 23.5 Å². The number of nitro benzene ring substituents is 1. The summed E-state index contributed by atoms with van der Waals surface area (Å²) < 4.78 is 60.0. The summed E-state index contributed by atoms with van der Waals surface area (Å²) in [6.45, 7) is 2.67. The van der Waals surface area contributed by atoms with E-state index < -0.39 is 65.1 Å². The quantitative estimate of drug-likeness (QED) is 0.0472. The van der Waals surface area contributed by atoms with Crippen molar-refractivity contribution < 1.29 is 65.9 Å². The zero-order valence-electron chi connectivity index (χ0n) is 26.8. The third-order valence-corrected chi connectivity index (χ3v) is 10.9. The fourth-order valence-corrected chi connectivity index (χ4v) is 8.22. The number of aliphatic hydroxyl groups is 1. The van der Waals surface area contributed by atoms with Gasteiger partial charge in [0.2, 0.25) is 5.95 Å². The summed E-state index contributed by atoms with van der Waals surface area (Å²) in [7, 11) is -16.9. The Hall–Kier alpha value is -3.35. The largest absolute Gasteiger partial charge is 0.490 e. The summed E-state index contributed by atoms with van der Waals surface area (Å²) in [5.74, 6) is 5.16. The SMILES string of the molecule is CC(C)C[C@@H](OCc1cn([C@H]2C[C@@H](O)[C@@H](COP(=O)(O)OP(=O)(O)OP(=O)(O)O)O2)c2nc(N)[nH]c(=O)c12)c1ccc(C#CCN)cc1[N+](=O)[O-]. The first-order chi connectivity index (χ1) is 23.7. The first-order valence-corrected chi connectivity index (χ1v) is 19.3. The molecule has 2 aromatic heterocycles. The molecule has 10 N–H and O–H groups in total. The molecule has 2 unspecified atom stereocenters. The molecule has 280 valence electrons. The number of anilines is 1. The summed E-state index contributed by atoms with van der Waals surface area (Å²) in [6, 6.07) is 4.47. The Kier molecular flexibility index (Phi) is 12.8. The van der Waals surface area contributed by atoms with Gasteiger partial charge in [0, 0.05) is 29.8 Å². The number of rotatable bonds is 15. The Morgan fingerprint density at radius 1 is 1.20 bits per heavy atom. The molecule has 1 aliphatic rings. The minimum atomic E-state index is -5.78. The highest BCUT2D eigenvalue weighted by atomic mass is 31.3. The van der Waals surface area contributed by atoms with Gasteiger partial charge < -0.3 is 50.2 Å². The van der Waals surface area contributed by atoms with Crippen LogP contribution in [0.5, 0.6) is 0 Å². The van der Waals surface area contributed by atoms with Crippen LogP contribution in [-0.2, 0) is 42.9 Å². The van der Waals surface area contributed by atoms with Gasteiger partial charge in [0.05, 0.1) is 47.8 Å². The number of fused-ring (bicyclic) bond motifs is 1. The number of aromatic amines is 1. The lowest BCUT2D eigenvalue weighted by molar-refractivity contribution is -0.386. The number of benzene rings is 1. The average Bonchev–Trinajstić information content (AvgIpc) is 3.54. The van der Waals surface area contributed by atoms with Gasteiger partial charge >= 0.3 is 23.5 Å². The van der Waals surface area contributed by atoms with Crippen molar-refractivity contribution >= 4 is 46.1 Å². The van der Waals surface area contributed by atoms with E-state index in [1.165, 1.54) is 16.8 Å². The van der Waals surface area contributed by atoms with Crippen molar-refractivity contribution in [2.75, 3.05) is 18.9 Å². The van der Waals surface area contributed by atoms with Gasteiger partial charge in [-0.3, -0.25) is 24.4 Å². The van der Waals surface area contributed by atoms with Gasteiger partial charge in [0.15, 0.2) is 5.65 Å². The van der Waals surface area contributed by atoms with Crippen LogP contribution in [0.15, 0.2) is 29.2 Å². The summed E-state index contributed by atoms with van der Waals surface area (Å²) in [5, 5.41) is 22.7. The molecule has 4 rings (SSSR count). The Morgan fingerprint density at radius 2 is 1.90 bits per heavy atom. The van der Waals surface area contributed by atoms with E-state index in [9.17, 15) is 43.5 Å². The second-order valence-corrected chi connectivity index (χ2v) is 15.9. The summed E-state index contributed by atoms with van der Waals surface area (Å²) in [6.07, 6.45) is -3.12. The molecular formula is C26H35N6O16P3. The molecule has 3 aromatic rings. The van der Waals surface area contributed by atoms with Gasteiger partial charge in [-0.15, -0.1) is 0 Å². The summed E-state index contributed by atoms with van der Waals surface area (Å²) in [5.41, 5.74) is 11.3. The van der Waals surface area contributed by atoms with Crippen LogP contribution in [0.1, 0.15) is 55.7 Å². The van der Waals surface area contributed by atoms with E-state index >= 15 is 0 Å². The van der Waals surface area contributed by atoms with Gasteiger partial charge in [0.1, 0.15) is 12.3 Å². The van der Waals surface area contributed by atoms with Crippen LogP contribution in [0.2, 0.25) is 0 Å². The molecule has 51 heavy (non-hydrogen) atoms. The first-order valence-electron chi connectivity index (χ1n) is 14.8. The molecule has 6 atom stereocenters. The molecular weight excluding hydrogens is 745 g/mol. The number of nitrogens with zero attached hydrogens (tertiary/aromatic N) is 3. The third kappa shape index (κ3) is 10.8. The minimum Gasteiger partial charge on any atom is -0.390 e. The van der Waals surface area contributed by atoms with Crippen molar-refractivity contribution in [3.8, 4) is 11.8 Å². The molecule has 0 spiro atoms. The predicted molar refractivity (Wildman–Crippen MR) is 175 cm³/mol. The van der Waals surface area contributed by atoms with Crippen LogP contribution in [0.4, 0.5) is 11.6 Å². The minimum absolute atomic E-state index is 0.00481. The van der Waals surface area contributed by atoms with Crippen molar-refractivity contribution in [3.63, 3.8) is 0 Å². The standard InChI is InChI=1S/C26H35N6O16P3/c1-14(2)8-20(17-6-5-15(4-3-7-27)9-18(17)32(35)36)44-12-16-11-31(24-23(16)25(34)30-26(28)29-24)22-10-19(33)21(46-22)13-45-50(40,41)48-51(42,43)47-49(37,38)39/h5-6,9,11,14,19-22,33H,7-8,10,12-13,27H2,1-2H3,(H,40,41)(H,42,43)(H2,37,38,39)(H3,28,29,30,34)/t19-,20-,21-,22-/m1/s1. The van der Waals surface area contributed by atoms with E-state index in [4.69, 9.17) is 30.7 Å². The van der Waals surface area contributed by atoms with E-state index in [0.717, 1.165) is 0 Å². The molecule has 1 aromatic carbocycles. The fraction of sp³-hybridized carbons (Fsp3) is 0.462. The number of nitrogens with two attached hydrogens (primary N) is 2. The average molecular weight is 781 g/mol. The van der Waals surface area contributed by atoms with Crippen molar-refractivity contribution in [2.24, 2.45) is 11.7 Å². The maximum atomic E-state index is 13.1. The summed E-state index contributed by atoms with van der Waals surface area (Å²) in [4.78, 5) is 67.7. The highest BCUT2D eigenvalue weighted by molar-refractivity contribution is 7.66. The lowest BCUT2D eigenvalue weighted by Crippen LogP contribution is -2.26. The number of nitrogens with one attached hydrogen (secondary N) is 1. The second kappa shape index (κ2) is 16.1. The normalized spacial score (nSPS) is 20.8. The maximum absolute atomic E-state index is 13.1. The van der Waals surface area contributed by atoms with Crippen molar-refractivity contribution in [3.05, 3.63) is 61.6 Å². The van der Waals surface area contributed by atoms with Crippen LogP contribution in [0.3, 0.4) is 0 Å². The number of H-pyrrole nitrogens is 1. The highest BCUT2D eigenvalue weighted by Crippen LogP contribution is 2.66. The van der Waals surface area contributed by atoms with Gasteiger partial charge in [-0.1, -0.05) is 25.7 Å². The zero-order chi connectivity index (χ0) is 37.9. The molecule has 0 aliphatic carbocycles. The lowest BCUT2D eigenvalue weighted by Gasteiger charge is -2.20. The monoisotopic (exact) mass is 780 g/mol. The van der Waals surface area contributed by atoms with Crippen LogP contribution in [-0.4, -0.2) is 69.5 Å². The molecule has 1 fully saturated rings. The van der Waals surface area contributed by atoms with Gasteiger partial charge in [-0.05, 0) is 24.5 Å². The molecule has 1 saturated heterocycles. The van der Waals surface area contributed by atoms with E-state index in [-0.39, 0.29) is 59.3 Å². The Balaban J connectivity index is 1.59. The lowest BCUT2D eigenvalue weighted by atomic mass is 9.96. The van der Waals surface area contributed by atoms with E-state index in [1.54, 1.807) is 12.1 Å². The smallest absolute Gasteiger partial charge is 0.390 e. The Morgan fingerprint density at radius 3 is 2.53 bits per heavy atom. The van der Waals surface area contributed by atoms with Crippen molar-refractivity contribution in [2.45, 2.75) is 57.8 Å². The summed E-state index contributed by atoms with van der Waals surface area (Å²) >= 11 is 0. The second-order valence-electron chi connectivity index (χ2n) is 11.5. The van der Waals surface area contributed by atoms with Crippen molar-refractivity contribution in [1.29, 1.82) is 0 Å². The number of aliphatic hydroxyl groups excluding tert-OH is 1. The molecule has 3 heterocycles. The van der Waals surface area contributed by atoms with Crippen LogP contribution < -0.4 is 17.0 Å². The number of ether oxygens (including phenoxy) is 2. The van der Waals surface area contributed by atoms with Crippen LogP contribution in [0.25, 0.3) is 11.0 Å². The van der Waals surface area contributed by atoms with E-state index in [0.29, 0.717) is 12.0 Å². The van der Waals surface area contributed by atoms with Crippen LogP contribution in [0, 0.1) is 27.9 Å². The maximum Gasteiger partial charge on any atom is 0.490 e. The molecule has 0 saturated carbocycles. The third-order valence-electron chi connectivity index (χ3n) is 7.15. The van der Waals surface area contributed by atoms with Crippen molar-refractivity contribution in [1.82, 2.24) is 14.5 Å². The Bertz CT molecular complexity index is 2040. The predicted octanol–water partition coefficient (Wildman–Crippen LogP) is 1.82. The first kappa shape index (κ1) is 40.4. The number of phosphoric acid groups is 3. The molecule has 0 radical (unpaired) electrons. The molecule has 22 nitrogen and oxygen atoms in total. The van der Waals surface area contributed by atoms with Gasteiger partial charge in [-0.2, -0.15) is 13.6 Å². The molecule has 0 bridgehead atoms. The highest BCUT2D eigenvalue weighted by Gasteiger charge is 2.43. The fourth-order valence-electron chi connectivity index (χ4n) is 5.19. The number of nitro groups is 1. The number of aromatic nitrogens is 3.